The van der Waals surface area contributed by atoms with Crippen molar-refractivity contribution in [1.29, 1.82) is 0 Å². The molecule has 60 valence electrons. The molecular formula is C10H17Ga. The predicted octanol–water partition coefficient (Wildman–Crippen LogP) is 2.27. The van der Waals surface area contributed by atoms with Crippen LogP contribution in [0.5, 0.6) is 0 Å². The Morgan fingerprint density at radius 2 is 1.45 bits per heavy atom. The van der Waals surface area contributed by atoms with Crippen LogP contribution in [-0.4, -0.2) is 18.6 Å². The van der Waals surface area contributed by atoms with Crippen molar-refractivity contribution in [2.75, 3.05) is 0 Å². The van der Waals surface area contributed by atoms with Gasteiger partial charge in [0.05, 0.1) is 0 Å². The second-order valence-corrected chi connectivity index (χ2v) is 6.22. The fraction of sp³-hybridized carbons (Fsp3) is 0.600. The number of hydrogen-bond donors (Lipinski definition) is 0. The molecule has 1 aliphatic carbocycles. The van der Waals surface area contributed by atoms with Gasteiger partial charge in [-0.3, -0.25) is 0 Å². The molecule has 0 bridgehead atoms. The molecule has 0 fully saturated rings. The van der Waals surface area contributed by atoms with Crippen LogP contribution in [0.2, 0.25) is 0 Å². The van der Waals surface area contributed by atoms with Crippen molar-refractivity contribution in [3.8, 4) is 0 Å². The summed E-state index contributed by atoms with van der Waals surface area (Å²) in [5.41, 5.74) is 5.09. The van der Waals surface area contributed by atoms with E-state index in [0.29, 0.717) is 5.41 Å². The van der Waals surface area contributed by atoms with Crippen LogP contribution in [-0.2, 0) is 0 Å². The Balaban J connectivity index is 3.27. The van der Waals surface area contributed by atoms with E-state index in [4.69, 9.17) is 0 Å². The van der Waals surface area contributed by atoms with E-state index in [-0.39, 0.29) is 0 Å². The van der Waals surface area contributed by atoms with Crippen molar-refractivity contribution in [3.05, 3.63) is 20.8 Å². The molecule has 0 aromatic carbocycles. The zero-order valence-electron chi connectivity index (χ0n) is 8.50. The minimum atomic E-state index is 0.397. The standard InChI is InChI=1S/C10H15.Ga.2H/c1-7-6-10(4,5)9(3)8(7)2;;;/h1-5H3;;;. The van der Waals surface area contributed by atoms with E-state index in [2.05, 4.69) is 34.6 Å². The Kier molecular flexibility index (Phi) is 2.14. The molecule has 0 atom stereocenters. The van der Waals surface area contributed by atoms with Crippen LogP contribution in [0.15, 0.2) is 20.8 Å². The van der Waals surface area contributed by atoms with Crippen molar-refractivity contribution in [2.45, 2.75) is 34.6 Å². The summed E-state index contributed by atoms with van der Waals surface area (Å²) in [5, 5.41) is 0. The molecule has 1 rings (SSSR count). The Morgan fingerprint density at radius 3 is 1.55 bits per heavy atom. The van der Waals surface area contributed by atoms with Gasteiger partial charge in [-0.1, -0.05) is 0 Å². The van der Waals surface area contributed by atoms with Gasteiger partial charge in [0.25, 0.3) is 0 Å². The summed E-state index contributed by atoms with van der Waals surface area (Å²) in [4.78, 5) is 0. The van der Waals surface area contributed by atoms with Gasteiger partial charge in [0.15, 0.2) is 0 Å². The quantitative estimate of drug-likeness (QED) is 0.534. The monoisotopic (exact) mass is 206 g/mol. The van der Waals surface area contributed by atoms with Crippen molar-refractivity contribution in [1.82, 2.24) is 0 Å². The summed E-state index contributed by atoms with van der Waals surface area (Å²) < 4.78 is 1.72. The van der Waals surface area contributed by atoms with E-state index in [1.165, 1.54) is 5.57 Å². The molecular weight excluding hydrogens is 190 g/mol. The van der Waals surface area contributed by atoms with Crippen LogP contribution in [0.3, 0.4) is 0 Å². The first kappa shape index (κ1) is 9.21. The van der Waals surface area contributed by atoms with Gasteiger partial charge in [-0.05, 0) is 0 Å². The molecule has 0 heterocycles. The van der Waals surface area contributed by atoms with Gasteiger partial charge < -0.3 is 0 Å². The molecule has 11 heavy (non-hydrogen) atoms. The summed E-state index contributed by atoms with van der Waals surface area (Å²) in [6, 6.07) is 0. The molecule has 0 amide bonds. The number of allylic oxidation sites excluding steroid dienone is 4. The molecule has 0 nitrogen and oxygen atoms in total. The predicted molar refractivity (Wildman–Crippen MR) is 53.4 cm³/mol. The third-order valence-corrected chi connectivity index (χ3v) is 7.76. The number of hydrogen-bond acceptors (Lipinski definition) is 0. The van der Waals surface area contributed by atoms with E-state index in [0.717, 1.165) is 18.6 Å². The molecule has 1 aliphatic rings. The van der Waals surface area contributed by atoms with Gasteiger partial charge in [0.1, 0.15) is 0 Å². The van der Waals surface area contributed by atoms with Crippen LogP contribution in [0.25, 0.3) is 0 Å². The first-order valence-electron chi connectivity index (χ1n) is 4.25. The topological polar surface area (TPSA) is 0 Å². The maximum absolute atomic E-state index is 2.35. The van der Waals surface area contributed by atoms with Crippen LogP contribution in [0.4, 0.5) is 0 Å². The van der Waals surface area contributed by atoms with Crippen LogP contribution >= 0.6 is 0 Å². The zero-order valence-corrected chi connectivity index (χ0v) is 12.7. The zero-order chi connectivity index (χ0) is 8.81. The van der Waals surface area contributed by atoms with Gasteiger partial charge in [0, 0.05) is 0 Å². The molecule has 0 aliphatic heterocycles. The van der Waals surface area contributed by atoms with Gasteiger partial charge in [-0.25, -0.2) is 0 Å². The normalized spacial score (nSPS) is 23.4. The molecule has 0 spiro atoms. The third-order valence-electron chi connectivity index (χ3n) is 3.56. The molecule has 0 aromatic rings. The molecule has 0 saturated carbocycles. The van der Waals surface area contributed by atoms with E-state index >= 15 is 0 Å². The average molecular weight is 207 g/mol. The molecule has 0 N–H and O–H groups in total. The van der Waals surface area contributed by atoms with Gasteiger partial charge in [0.2, 0.25) is 0 Å². The van der Waals surface area contributed by atoms with Gasteiger partial charge >= 0.3 is 79.5 Å². The Labute approximate surface area is 79.7 Å². The summed E-state index contributed by atoms with van der Waals surface area (Å²) >= 11 is 0.847. The van der Waals surface area contributed by atoms with Crippen molar-refractivity contribution < 1.29 is 0 Å². The summed E-state index contributed by atoms with van der Waals surface area (Å²) in [6.45, 7) is 11.5. The molecule has 0 aromatic heterocycles. The molecule has 0 saturated heterocycles. The summed E-state index contributed by atoms with van der Waals surface area (Å²) in [7, 11) is 0. The fourth-order valence-electron chi connectivity index (χ4n) is 1.78. The maximum atomic E-state index is 2.35. The minimum absolute atomic E-state index is 0.397. The average Bonchev–Trinajstić information content (AvgIpc) is 2.06. The summed E-state index contributed by atoms with van der Waals surface area (Å²) in [5.74, 6) is 0. The van der Waals surface area contributed by atoms with Crippen LogP contribution in [0, 0.1) is 5.41 Å². The summed E-state index contributed by atoms with van der Waals surface area (Å²) in [6.07, 6.45) is 0. The Morgan fingerprint density at radius 1 is 1.00 bits per heavy atom. The van der Waals surface area contributed by atoms with Gasteiger partial charge in [-0.15, -0.1) is 0 Å². The van der Waals surface area contributed by atoms with Crippen molar-refractivity contribution >= 4 is 18.6 Å². The molecule has 1 heteroatoms. The Bertz CT molecular complexity index is 228. The van der Waals surface area contributed by atoms with Crippen LogP contribution in [0.1, 0.15) is 34.6 Å². The molecule has 0 unspecified atom stereocenters. The molecule has 0 radical (unpaired) electrons. The number of rotatable bonds is 0. The van der Waals surface area contributed by atoms with E-state index in [9.17, 15) is 0 Å². The second-order valence-electron chi connectivity index (χ2n) is 4.12. The first-order valence-corrected chi connectivity index (χ1v) is 6.35. The first-order chi connectivity index (χ1) is 4.89. The fourth-order valence-corrected chi connectivity index (χ4v) is 3.35. The SMILES string of the molecule is CC1=C(C)C(C)(C)[C]([GaH2])=C1C. The van der Waals surface area contributed by atoms with Crippen molar-refractivity contribution in [2.24, 2.45) is 5.41 Å². The van der Waals surface area contributed by atoms with E-state index < -0.39 is 0 Å². The third kappa shape index (κ3) is 1.15. The van der Waals surface area contributed by atoms with E-state index in [1.807, 2.05) is 0 Å². The van der Waals surface area contributed by atoms with Gasteiger partial charge in [-0.2, -0.15) is 0 Å². The van der Waals surface area contributed by atoms with Crippen molar-refractivity contribution in [3.63, 3.8) is 0 Å². The Hall–Kier alpha value is 0.116. The second kappa shape index (κ2) is 2.56. The van der Waals surface area contributed by atoms with E-state index in [1.54, 1.807) is 15.3 Å². The van der Waals surface area contributed by atoms with Crippen LogP contribution < -0.4 is 0 Å².